The maximum Gasteiger partial charge on any atom is 0.307 e. The monoisotopic (exact) mass is 267 g/mol. The van der Waals surface area contributed by atoms with Crippen molar-refractivity contribution in [3.63, 3.8) is 0 Å². The maximum absolute atomic E-state index is 13.6. The van der Waals surface area contributed by atoms with Gasteiger partial charge in [0.05, 0.1) is 17.3 Å². The minimum Gasteiger partial charge on any atom is -0.481 e. The largest absolute Gasteiger partial charge is 0.481 e. The van der Waals surface area contributed by atoms with Crippen LogP contribution in [0.1, 0.15) is 0 Å². The molecule has 0 aliphatic rings. The maximum atomic E-state index is 13.6. The number of halogens is 1. The Hall–Kier alpha value is -1.81. The van der Waals surface area contributed by atoms with E-state index >= 15 is 0 Å². The van der Waals surface area contributed by atoms with Gasteiger partial charge in [-0.2, -0.15) is 5.10 Å². The van der Waals surface area contributed by atoms with Gasteiger partial charge in [-0.15, -0.1) is 0 Å². The number of aliphatic carboxylic acids is 1. The van der Waals surface area contributed by atoms with Crippen molar-refractivity contribution in [2.45, 2.75) is 0 Å². The molecule has 0 fully saturated rings. The molecule has 18 heavy (non-hydrogen) atoms. The Morgan fingerprint density at radius 3 is 3.06 bits per heavy atom. The topological polar surface area (TPSA) is 68.0 Å². The molecule has 0 aromatic carbocycles. The average Bonchev–Trinajstić information content (AvgIpc) is 2.69. The zero-order valence-corrected chi connectivity index (χ0v) is 10.6. The van der Waals surface area contributed by atoms with Crippen molar-refractivity contribution in [3.05, 3.63) is 30.2 Å². The van der Waals surface area contributed by atoms with Crippen molar-refractivity contribution < 1.29 is 14.3 Å². The zero-order valence-electron chi connectivity index (χ0n) is 9.59. The van der Waals surface area contributed by atoms with Crippen molar-refractivity contribution in [3.8, 4) is 11.4 Å². The lowest BCUT2D eigenvalue weighted by Gasteiger charge is -2.00. The number of hydrogen-bond acceptors (Lipinski definition) is 3. The quantitative estimate of drug-likeness (QED) is 0.839. The van der Waals surface area contributed by atoms with Crippen LogP contribution in [0.25, 0.3) is 11.4 Å². The van der Waals surface area contributed by atoms with Crippen LogP contribution in [0.5, 0.6) is 0 Å². The summed E-state index contributed by atoms with van der Waals surface area (Å²) in [5.74, 6) is -1.29. The summed E-state index contributed by atoms with van der Waals surface area (Å²) in [6.45, 7) is 0. The molecule has 0 saturated carbocycles. The first kappa shape index (κ1) is 12.6. The molecule has 2 aromatic heterocycles. The second-order valence-corrected chi connectivity index (χ2v) is 4.84. The molecule has 94 valence electrons. The predicted octanol–water partition coefficient (Wildman–Crippen LogP) is 1.01. The molecule has 2 aromatic rings. The standard InChI is InChI=1S/C11H11FN3O2P/c1-15-8(11-7(12)3-2-4-13-11)5-9(14-15)18-6-10(16)17/h2-5,18H,6H2,1H3,(H,16,17). The number of rotatable bonds is 4. The molecule has 0 bridgehead atoms. The number of aryl methyl sites for hydroxylation is 1. The summed E-state index contributed by atoms with van der Waals surface area (Å²) in [6, 6.07) is 4.52. The molecule has 0 aliphatic heterocycles. The SMILES string of the molecule is Cn1nc(PCC(=O)O)cc1-c1ncccc1F. The molecule has 1 N–H and O–H groups in total. The highest BCUT2D eigenvalue weighted by atomic mass is 31.1. The highest BCUT2D eigenvalue weighted by Gasteiger charge is 2.13. The second kappa shape index (κ2) is 5.23. The molecule has 1 unspecified atom stereocenters. The van der Waals surface area contributed by atoms with Gasteiger partial charge in [0.1, 0.15) is 5.69 Å². The fourth-order valence-corrected chi connectivity index (χ4v) is 2.31. The van der Waals surface area contributed by atoms with E-state index in [0.29, 0.717) is 11.1 Å². The summed E-state index contributed by atoms with van der Waals surface area (Å²) in [5, 5.41) is 12.8. The number of hydrogen-bond donors (Lipinski definition) is 1. The zero-order chi connectivity index (χ0) is 13.1. The van der Waals surface area contributed by atoms with Crippen molar-refractivity contribution >= 4 is 20.0 Å². The van der Waals surface area contributed by atoms with Gasteiger partial charge in [0, 0.05) is 13.2 Å². The molecular weight excluding hydrogens is 256 g/mol. The average molecular weight is 267 g/mol. The first-order chi connectivity index (χ1) is 8.58. The number of nitrogens with zero attached hydrogens (tertiary/aromatic N) is 3. The number of carboxylic acid groups (broad SMARTS) is 1. The molecule has 2 rings (SSSR count). The van der Waals surface area contributed by atoms with Gasteiger partial charge < -0.3 is 5.11 Å². The van der Waals surface area contributed by atoms with Crippen LogP contribution >= 0.6 is 8.58 Å². The minimum atomic E-state index is -0.871. The normalized spacial score (nSPS) is 11.2. The first-order valence-corrected chi connectivity index (χ1v) is 6.39. The van der Waals surface area contributed by atoms with Gasteiger partial charge >= 0.3 is 5.97 Å². The Balaban J connectivity index is 2.30. The van der Waals surface area contributed by atoms with E-state index in [9.17, 15) is 9.18 Å². The summed E-state index contributed by atoms with van der Waals surface area (Å²) in [6.07, 6.45) is 1.53. The van der Waals surface area contributed by atoms with E-state index in [1.807, 2.05) is 0 Å². The Morgan fingerprint density at radius 1 is 1.61 bits per heavy atom. The first-order valence-electron chi connectivity index (χ1n) is 5.18. The van der Waals surface area contributed by atoms with Crippen LogP contribution in [0.15, 0.2) is 24.4 Å². The van der Waals surface area contributed by atoms with Crippen molar-refractivity contribution in [1.29, 1.82) is 0 Å². The van der Waals surface area contributed by atoms with Gasteiger partial charge in [-0.25, -0.2) is 4.39 Å². The van der Waals surface area contributed by atoms with E-state index in [1.54, 1.807) is 13.1 Å². The second-order valence-electron chi connectivity index (χ2n) is 3.62. The summed E-state index contributed by atoms with van der Waals surface area (Å²) in [7, 11) is 1.74. The molecule has 0 aliphatic carbocycles. The van der Waals surface area contributed by atoms with Crippen LogP contribution in [-0.4, -0.2) is 32.0 Å². The Morgan fingerprint density at radius 2 is 2.39 bits per heavy atom. The van der Waals surface area contributed by atoms with Gasteiger partial charge in [0.15, 0.2) is 5.82 Å². The number of carbonyl (C=O) groups is 1. The van der Waals surface area contributed by atoms with E-state index < -0.39 is 11.8 Å². The van der Waals surface area contributed by atoms with Crippen molar-refractivity contribution in [2.75, 3.05) is 6.16 Å². The van der Waals surface area contributed by atoms with Gasteiger partial charge in [-0.1, -0.05) is 8.58 Å². The highest BCUT2D eigenvalue weighted by molar-refractivity contribution is 7.47. The summed E-state index contributed by atoms with van der Waals surface area (Å²) < 4.78 is 15.1. The molecule has 0 spiro atoms. The molecule has 0 saturated heterocycles. The molecular formula is C11H11FN3O2P. The molecule has 2 heterocycles. The fraction of sp³-hybridized carbons (Fsp3) is 0.182. The smallest absolute Gasteiger partial charge is 0.307 e. The molecule has 7 heteroatoms. The molecule has 5 nitrogen and oxygen atoms in total. The Bertz CT molecular complexity index is 585. The van der Waals surface area contributed by atoms with Crippen LogP contribution in [0, 0.1) is 5.82 Å². The van der Waals surface area contributed by atoms with E-state index in [2.05, 4.69) is 10.1 Å². The summed E-state index contributed by atoms with van der Waals surface area (Å²) in [5.41, 5.74) is 1.40. The van der Waals surface area contributed by atoms with Gasteiger partial charge in [0.25, 0.3) is 0 Å². The molecule has 1 atom stereocenters. The highest BCUT2D eigenvalue weighted by Crippen LogP contribution is 2.20. The third-order valence-electron chi connectivity index (χ3n) is 2.30. The Kier molecular flexibility index (Phi) is 3.67. The van der Waals surface area contributed by atoms with Crippen molar-refractivity contribution in [2.24, 2.45) is 7.05 Å². The number of aromatic nitrogens is 3. The third-order valence-corrected chi connectivity index (χ3v) is 3.39. The third kappa shape index (κ3) is 2.71. The van der Waals surface area contributed by atoms with Gasteiger partial charge in [-0.05, 0) is 18.2 Å². The van der Waals surface area contributed by atoms with Crippen molar-refractivity contribution in [1.82, 2.24) is 14.8 Å². The van der Waals surface area contributed by atoms with Crippen LogP contribution in [0.3, 0.4) is 0 Å². The lowest BCUT2D eigenvalue weighted by atomic mass is 10.2. The molecule has 0 radical (unpaired) electrons. The van der Waals surface area contributed by atoms with E-state index in [1.165, 1.54) is 23.0 Å². The summed E-state index contributed by atoms with van der Waals surface area (Å²) >= 11 is 0. The van der Waals surface area contributed by atoms with Crippen LogP contribution in [-0.2, 0) is 11.8 Å². The summed E-state index contributed by atoms with van der Waals surface area (Å²) in [4.78, 5) is 14.5. The van der Waals surface area contributed by atoms with Crippen LogP contribution in [0.4, 0.5) is 4.39 Å². The van der Waals surface area contributed by atoms with Crippen LogP contribution < -0.4 is 5.44 Å². The fourth-order valence-electron chi connectivity index (χ4n) is 1.52. The Labute approximate surface area is 104 Å². The van der Waals surface area contributed by atoms with Crippen LogP contribution in [0.2, 0.25) is 0 Å². The predicted molar refractivity (Wildman–Crippen MR) is 66.8 cm³/mol. The van der Waals surface area contributed by atoms with E-state index in [0.717, 1.165) is 0 Å². The number of carboxylic acids is 1. The molecule has 0 amide bonds. The minimum absolute atomic E-state index is 0.0289. The lowest BCUT2D eigenvalue weighted by Crippen LogP contribution is -2.05. The number of pyridine rings is 1. The van der Waals surface area contributed by atoms with Gasteiger partial charge in [-0.3, -0.25) is 14.5 Å². The van der Waals surface area contributed by atoms with E-state index in [-0.39, 0.29) is 20.4 Å². The van der Waals surface area contributed by atoms with Gasteiger partial charge in [0.2, 0.25) is 0 Å². The van der Waals surface area contributed by atoms with E-state index in [4.69, 9.17) is 5.11 Å². The lowest BCUT2D eigenvalue weighted by molar-refractivity contribution is -0.133.